The quantitative estimate of drug-likeness (QED) is 0.720. The molecule has 0 heterocycles. The molecule has 0 saturated carbocycles. The van der Waals surface area contributed by atoms with E-state index in [0.29, 0.717) is 5.56 Å². The summed E-state index contributed by atoms with van der Waals surface area (Å²) in [7, 11) is 4.09. The lowest BCUT2D eigenvalue weighted by Crippen LogP contribution is -2.16. The van der Waals surface area contributed by atoms with Crippen molar-refractivity contribution in [2.24, 2.45) is 0 Å². The van der Waals surface area contributed by atoms with Crippen molar-refractivity contribution in [1.29, 1.82) is 0 Å². The molecule has 2 N–H and O–H groups in total. The molecule has 1 aromatic carbocycles. The molecule has 0 aliphatic heterocycles. The minimum Gasteiger partial charge on any atom is -0.478 e. The van der Waals surface area contributed by atoms with Gasteiger partial charge in [0, 0.05) is 12.2 Å². The molecular formula is C12H18N2O2. The van der Waals surface area contributed by atoms with Crippen LogP contribution in [-0.2, 0) is 0 Å². The van der Waals surface area contributed by atoms with Crippen molar-refractivity contribution in [2.45, 2.75) is 6.42 Å². The first-order valence-corrected chi connectivity index (χ1v) is 5.31. The van der Waals surface area contributed by atoms with Gasteiger partial charge in [-0.3, -0.25) is 0 Å². The zero-order valence-electron chi connectivity index (χ0n) is 9.73. The van der Waals surface area contributed by atoms with Gasteiger partial charge in [0.25, 0.3) is 0 Å². The Morgan fingerprint density at radius 1 is 1.31 bits per heavy atom. The molecule has 4 heteroatoms. The normalized spacial score (nSPS) is 10.4. The maximum atomic E-state index is 10.6. The molecule has 0 aliphatic rings. The van der Waals surface area contributed by atoms with Crippen LogP contribution in [0.15, 0.2) is 24.3 Å². The fourth-order valence-electron chi connectivity index (χ4n) is 1.36. The number of benzene rings is 1. The van der Waals surface area contributed by atoms with Crippen molar-refractivity contribution in [3.05, 3.63) is 29.8 Å². The topological polar surface area (TPSA) is 52.6 Å². The Morgan fingerprint density at radius 3 is 2.44 bits per heavy atom. The maximum absolute atomic E-state index is 10.6. The van der Waals surface area contributed by atoms with Crippen molar-refractivity contribution in [1.82, 2.24) is 4.90 Å². The van der Waals surface area contributed by atoms with E-state index in [1.165, 1.54) is 0 Å². The summed E-state index contributed by atoms with van der Waals surface area (Å²) in [5.41, 5.74) is 1.28. The second-order valence-electron chi connectivity index (χ2n) is 3.97. The summed E-state index contributed by atoms with van der Waals surface area (Å²) < 4.78 is 0. The van der Waals surface area contributed by atoms with Crippen LogP contribution in [0.4, 0.5) is 5.69 Å². The number of nitrogens with zero attached hydrogens (tertiary/aromatic N) is 1. The highest BCUT2D eigenvalue weighted by Crippen LogP contribution is 2.09. The van der Waals surface area contributed by atoms with E-state index in [9.17, 15) is 4.79 Å². The van der Waals surface area contributed by atoms with E-state index in [2.05, 4.69) is 10.2 Å². The lowest BCUT2D eigenvalue weighted by atomic mass is 10.2. The molecule has 0 saturated heterocycles. The lowest BCUT2D eigenvalue weighted by Gasteiger charge is -2.10. The second-order valence-corrected chi connectivity index (χ2v) is 3.97. The van der Waals surface area contributed by atoms with Crippen molar-refractivity contribution in [3.8, 4) is 0 Å². The Morgan fingerprint density at radius 2 is 1.94 bits per heavy atom. The van der Waals surface area contributed by atoms with E-state index in [4.69, 9.17) is 5.11 Å². The number of nitrogens with one attached hydrogen (secondary N) is 1. The Hall–Kier alpha value is -1.55. The van der Waals surface area contributed by atoms with Gasteiger partial charge in [0.05, 0.1) is 5.56 Å². The lowest BCUT2D eigenvalue weighted by molar-refractivity contribution is 0.0697. The fraction of sp³-hybridized carbons (Fsp3) is 0.417. The van der Waals surface area contributed by atoms with Crippen molar-refractivity contribution >= 4 is 11.7 Å². The Labute approximate surface area is 95.9 Å². The molecule has 0 spiro atoms. The summed E-state index contributed by atoms with van der Waals surface area (Å²) in [6.45, 7) is 1.94. The zero-order valence-corrected chi connectivity index (χ0v) is 9.73. The van der Waals surface area contributed by atoms with E-state index in [1.54, 1.807) is 24.3 Å². The van der Waals surface area contributed by atoms with E-state index in [0.717, 1.165) is 25.2 Å². The fourth-order valence-corrected chi connectivity index (χ4v) is 1.36. The van der Waals surface area contributed by atoms with E-state index >= 15 is 0 Å². The van der Waals surface area contributed by atoms with Crippen LogP contribution < -0.4 is 5.32 Å². The number of aromatic carboxylic acids is 1. The van der Waals surface area contributed by atoms with Crippen molar-refractivity contribution in [2.75, 3.05) is 32.5 Å². The molecule has 0 fully saturated rings. The first-order chi connectivity index (χ1) is 7.59. The smallest absolute Gasteiger partial charge is 0.335 e. The Bertz CT molecular complexity index is 333. The van der Waals surface area contributed by atoms with Gasteiger partial charge < -0.3 is 15.3 Å². The molecule has 1 rings (SSSR count). The van der Waals surface area contributed by atoms with Crippen LogP contribution in [0.1, 0.15) is 16.8 Å². The monoisotopic (exact) mass is 222 g/mol. The summed E-state index contributed by atoms with van der Waals surface area (Å²) in [6, 6.07) is 6.80. The molecule has 0 aliphatic carbocycles. The number of rotatable bonds is 6. The zero-order chi connectivity index (χ0) is 12.0. The van der Waals surface area contributed by atoms with E-state index in [1.807, 2.05) is 14.1 Å². The highest BCUT2D eigenvalue weighted by molar-refractivity contribution is 5.87. The van der Waals surface area contributed by atoms with Gasteiger partial charge >= 0.3 is 5.97 Å². The molecule has 0 atom stereocenters. The second kappa shape index (κ2) is 6.12. The Balaban J connectivity index is 2.35. The third-order valence-electron chi connectivity index (χ3n) is 2.24. The van der Waals surface area contributed by atoms with Gasteiger partial charge in [-0.1, -0.05) is 0 Å². The number of hydrogen-bond acceptors (Lipinski definition) is 3. The van der Waals surface area contributed by atoms with Gasteiger partial charge in [0.2, 0.25) is 0 Å². The maximum Gasteiger partial charge on any atom is 0.335 e. The minimum atomic E-state index is -0.890. The van der Waals surface area contributed by atoms with Gasteiger partial charge in [-0.2, -0.15) is 0 Å². The molecule has 0 bridgehead atoms. The van der Waals surface area contributed by atoms with Crippen LogP contribution in [0.25, 0.3) is 0 Å². The summed E-state index contributed by atoms with van der Waals surface area (Å²) in [4.78, 5) is 12.8. The van der Waals surface area contributed by atoms with Crippen molar-refractivity contribution in [3.63, 3.8) is 0 Å². The molecule has 0 radical (unpaired) electrons. The summed E-state index contributed by atoms with van der Waals surface area (Å²) in [5, 5.41) is 12.0. The Kier molecular flexibility index (Phi) is 4.79. The third-order valence-corrected chi connectivity index (χ3v) is 2.24. The van der Waals surface area contributed by atoms with Crippen LogP contribution in [0, 0.1) is 0 Å². The van der Waals surface area contributed by atoms with Crippen LogP contribution in [0.2, 0.25) is 0 Å². The molecule has 0 unspecified atom stereocenters. The first-order valence-electron chi connectivity index (χ1n) is 5.31. The molecule has 16 heavy (non-hydrogen) atoms. The van der Waals surface area contributed by atoms with Crippen LogP contribution in [-0.4, -0.2) is 43.2 Å². The predicted octanol–water partition coefficient (Wildman–Crippen LogP) is 1.75. The average Bonchev–Trinajstić information content (AvgIpc) is 2.25. The molecular weight excluding hydrogens is 204 g/mol. The first kappa shape index (κ1) is 12.5. The van der Waals surface area contributed by atoms with Crippen molar-refractivity contribution < 1.29 is 9.90 Å². The SMILES string of the molecule is CN(C)CCCNc1ccc(C(=O)O)cc1. The molecule has 88 valence electrons. The van der Waals surface area contributed by atoms with Crippen LogP contribution in [0.3, 0.4) is 0 Å². The number of carbonyl (C=O) groups is 1. The number of carboxylic acids is 1. The third kappa shape index (κ3) is 4.31. The number of carboxylic acid groups (broad SMARTS) is 1. The minimum absolute atomic E-state index is 0.318. The predicted molar refractivity (Wildman–Crippen MR) is 65.1 cm³/mol. The molecule has 4 nitrogen and oxygen atoms in total. The molecule has 1 aromatic rings. The van der Waals surface area contributed by atoms with Gasteiger partial charge in [-0.15, -0.1) is 0 Å². The van der Waals surface area contributed by atoms with Crippen LogP contribution in [0.5, 0.6) is 0 Å². The molecule has 0 aromatic heterocycles. The average molecular weight is 222 g/mol. The van der Waals surface area contributed by atoms with Crippen LogP contribution >= 0.6 is 0 Å². The summed E-state index contributed by atoms with van der Waals surface area (Å²) >= 11 is 0. The number of anilines is 1. The van der Waals surface area contributed by atoms with E-state index < -0.39 is 5.97 Å². The van der Waals surface area contributed by atoms with E-state index in [-0.39, 0.29) is 0 Å². The van der Waals surface area contributed by atoms with Gasteiger partial charge in [0.1, 0.15) is 0 Å². The molecule has 0 amide bonds. The highest BCUT2D eigenvalue weighted by atomic mass is 16.4. The number of hydrogen-bond donors (Lipinski definition) is 2. The van der Waals surface area contributed by atoms with Gasteiger partial charge in [0.15, 0.2) is 0 Å². The highest BCUT2D eigenvalue weighted by Gasteiger charge is 2.00. The largest absolute Gasteiger partial charge is 0.478 e. The summed E-state index contributed by atoms with van der Waals surface area (Å²) in [5.74, 6) is -0.890. The standard InChI is InChI=1S/C12H18N2O2/c1-14(2)9-3-8-13-11-6-4-10(5-7-11)12(15)16/h4-7,13H,3,8-9H2,1-2H3,(H,15,16). The van der Waals surface area contributed by atoms with Gasteiger partial charge in [-0.05, 0) is 51.3 Å². The van der Waals surface area contributed by atoms with Gasteiger partial charge in [-0.25, -0.2) is 4.79 Å². The summed E-state index contributed by atoms with van der Waals surface area (Å²) in [6.07, 6.45) is 1.06.